The van der Waals surface area contributed by atoms with Gasteiger partial charge in [-0.05, 0) is 52.8 Å². The van der Waals surface area contributed by atoms with E-state index in [0.717, 1.165) is 39.1 Å². The third kappa shape index (κ3) is 8.70. The van der Waals surface area contributed by atoms with Gasteiger partial charge in [-0.15, -0.1) is 0 Å². The van der Waals surface area contributed by atoms with Crippen LogP contribution >= 0.6 is 0 Å². The molecule has 1 heterocycles. The van der Waals surface area contributed by atoms with Crippen LogP contribution in [-0.2, 0) is 6.42 Å². The molecule has 0 aliphatic carbocycles. The van der Waals surface area contributed by atoms with E-state index in [-0.39, 0.29) is 0 Å². The molecular weight excluding hydrogens is 236 g/mol. The minimum atomic E-state index is 1.03. The van der Waals surface area contributed by atoms with Crippen molar-refractivity contribution in [3.63, 3.8) is 0 Å². The van der Waals surface area contributed by atoms with Crippen LogP contribution in [0.1, 0.15) is 12.1 Å². The molecule has 19 heavy (non-hydrogen) atoms. The topological polar surface area (TPSA) is 31.4 Å². The number of nitrogens with one attached hydrogen (secondary N) is 1. The Labute approximate surface area is 117 Å². The first-order valence-corrected chi connectivity index (χ1v) is 7.12. The standard InChI is InChI=1S/C15H28N4/c1-18(2)12-6-9-16-11-14-19(3)13-8-15-7-4-5-10-17-15/h4-5,7,10,16H,6,8-9,11-14H2,1-3H3. The van der Waals surface area contributed by atoms with Crippen molar-refractivity contribution in [2.75, 3.05) is 53.9 Å². The molecule has 0 atom stereocenters. The van der Waals surface area contributed by atoms with Gasteiger partial charge in [0.25, 0.3) is 0 Å². The highest BCUT2D eigenvalue weighted by molar-refractivity contribution is 5.03. The Morgan fingerprint density at radius 3 is 2.58 bits per heavy atom. The van der Waals surface area contributed by atoms with Crippen LogP contribution in [0.2, 0.25) is 0 Å². The summed E-state index contributed by atoms with van der Waals surface area (Å²) >= 11 is 0. The largest absolute Gasteiger partial charge is 0.315 e. The van der Waals surface area contributed by atoms with Crippen molar-refractivity contribution in [3.8, 4) is 0 Å². The van der Waals surface area contributed by atoms with Crippen LogP contribution in [0.3, 0.4) is 0 Å². The van der Waals surface area contributed by atoms with Gasteiger partial charge >= 0.3 is 0 Å². The Hall–Kier alpha value is -0.970. The first kappa shape index (κ1) is 16.1. The van der Waals surface area contributed by atoms with Crippen LogP contribution in [0.4, 0.5) is 0 Å². The van der Waals surface area contributed by atoms with E-state index < -0.39 is 0 Å². The normalized spacial score (nSPS) is 11.4. The van der Waals surface area contributed by atoms with Crippen molar-refractivity contribution < 1.29 is 0 Å². The molecule has 0 aliphatic heterocycles. The summed E-state index contributed by atoms with van der Waals surface area (Å²) in [5.41, 5.74) is 1.17. The van der Waals surface area contributed by atoms with Crippen LogP contribution in [0.5, 0.6) is 0 Å². The first-order valence-electron chi connectivity index (χ1n) is 7.12. The number of pyridine rings is 1. The Morgan fingerprint density at radius 1 is 1.05 bits per heavy atom. The summed E-state index contributed by atoms with van der Waals surface area (Å²) in [5, 5.41) is 3.49. The number of likely N-dealkylation sites (N-methyl/N-ethyl adjacent to an activating group) is 1. The summed E-state index contributed by atoms with van der Waals surface area (Å²) in [7, 11) is 6.40. The summed E-state index contributed by atoms with van der Waals surface area (Å²) in [6, 6.07) is 6.10. The summed E-state index contributed by atoms with van der Waals surface area (Å²) in [4.78, 5) is 8.92. The van der Waals surface area contributed by atoms with Gasteiger partial charge in [0.1, 0.15) is 0 Å². The monoisotopic (exact) mass is 264 g/mol. The van der Waals surface area contributed by atoms with Gasteiger partial charge in [0, 0.05) is 37.9 Å². The van der Waals surface area contributed by atoms with Crippen LogP contribution in [0, 0.1) is 0 Å². The van der Waals surface area contributed by atoms with Gasteiger partial charge in [0.15, 0.2) is 0 Å². The Bertz CT molecular complexity index is 313. The fourth-order valence-corrected chi connectivity index (χ4v) is 1.88. The second kappa shape index (κ2) is 9.89. The van der Waals surface area contributed by atoms with Gasteiger partial charge in [0.2, 0.25) is 0 Å². The van der Waals surface area contributed by atoms with Crippen molar-refractivity contribution in [1.29, 1.82) is 0 Å². The second-order valence-corrected chi connectivity index (χ2v) is 5.28. The summed E-state index contributed by atoms with van der Waals surface area (Å²) in [5.74, 6) is 0. The quantitative estimate of drug-likeness (QED) is 0.641. The maximum Gasteiger partial charge on any atom is 0.0416 e. The molecule has 0 saturated carbocycles. The van der Waals surface area contributed by atoms with Crippen LogP contribution in [-0.4, -0.2) is 68.7 Å². The predicted molar refractivity (Wildman–Crippen MR) is 81.5 cm³/mol. The highest BCUT2D eigenvalue weighted by Gasteiger charge is 1.99. The number of hydrogen-bond donors (Lipinski definition) is 1. The summed E-state index contributed by atoms with van der Waals surface area (Å²) < 4.78 is 0. The Balaban J connectivity index is 1.98. The fourth-order valence-electron chi connectivity index (χ4n) is 1.88. The Morgan fingerprint density at radius 2 is 1.89 bits per heavy atom. The van der Waals surface area contributed by atoms with Crippen molar-refractivity contribution in [1.82, 2.24) is 20.1 Å². The fraction of sp³-hybridized carbons (Fsp3) is 0.667. The van der Waals surface area contributed by atoms with Crippen molar-refractivity contribution in [2.45, 2.75) is 12.8 Å². The SMILES string of the molecule is CN(C)CCCNCCN(C)CCc1ccccn1. The molecule has 0 amide bonds. The molecule has 0 aromatic carbocycles. The molecule has 4 heteroatoms. The third-order valence-electron chi connectivity index (χ3n) is 3.10. The van der Waals surface area contributed by atoms with Gasteiger partial charge in [-0.1, -0.05) is 6.07 Å². The molecule has 0 aliphatic rings. The van der Waals surface area contributed by atoms with E-state index in [0.29, 0.717) is 0 Å². The second-order valence-electron chi connectivity index (χ2n) is 5.28. The molecule has 1 aromatic rings. The van der Waals surface area contributed by atoms with E-state index in [4.69, 9.17) is 0 Å². The van der Waals surface area contributed by atoms with E-state index in [1.165, 1.54) is 12.1 Å². The molecule has 108 valence electrons. The van der Waals surface area contributed by atoms with Gasteiger partial charge in [-0.3, -0.25) is 4.98 Å². The predicted octanol–water partition coefficient (Wildman–Crippen LogP) is 1.10. The lowest BCUT2D eigenvalue weighted by molar-refractivity contribution is 0.331. The maximum atomic E-state index is 4.34. The average molecular weight is 264 g/mol. The number of aromatic nitrogens is 1. The van der Waals surface area contributed by atoms with Crippen molar-refractivity contribution in [2.24, 2.45) is 0 Å². The highest BCUT2D eigenvalue weighted by Crippen LogP contribution is 1.95. The molecule has 0 unspecified atom stereocenters. The van der Waals surface area contributed by atoms with E-state index in [1.807, 2.05) is 12.3 Å². The number of rotatable bonds is 10. The van der Waals surface area contributed by atoms with Gasteiger partial charge in [-0.2, -0.15) is 0 Å². The molecule has 0 fully saturated rings. The summed E-state index contributed by atoms with van der Waals surface area (Å²) in [6.45, 7) is 5.48. The molecule has 4 nitrogen and oxygen atoms in total. The van der Waals surface area contributed by atoms with Crippen LogP contribution in [0.25, 0.3) is 0 Å². The Kier molecular flexibility index (Phi) is 8.38. The first-order chi connectivity index (χ1) is 9.18. The van der Waals surface area contributed by atoms with Gasteiger partial charge in [-0.25, -0.2) is 0 Å². The van der Waals surface area contributed by atoms with Gasteiger partial charge < -0.3 is 15.1 Å². The van der Waals surface area contributed by atoms with Crippen LogP contribution < -0.4 is 5.32 Å². The smallest absolute Gasteiger partial charge is 0.0416 e. The van der Waals surface area contributed by atoms with E-state index in [9.17, 15) is 0 Å². The zero-order valence-corrected chi connectivity index (χ0v) is 12.6. The molecule has 1 aromatic heterocycles. The lowest BCUT2D eigenvalue weighted by Gasteiger charge is -2.17. The average Bonchev–Trinajstić information content (AvgIpc) is 2.41. The molecule has 1 rings (SSSR count). The lowest BCUT2D eigenvalue weighted by Crippen LogP contribution is -2.32. The third-order valence-corrected chi connectivity index (χ3v) is 3.10. The van der Waals surface area contributed by atoms with E-state index >= 15 is 0 Å². The van der Waals surface area contributed by atoms with E-state index in [2.05, 4.69) is 53.4 Å². The molecule has 1 N–H and O–H groups in total. The molecule has 0 saturated heterocycles. The number of hydrogen-bond acceptors (Lipinski definition) is 4. The van der Waals surface area contributed by atoms with E-state index in [1.54, 1.807) is 0 Å². The molecular formula is C15H28N4. The maximum absolute atomic E-state index is 4.34. The lowest BCUT2D eigenvalue weighted by atomic mass is 10.2. The molecule has 0 spiro atoms. The zero-order chi connectivity index (χ0) is 13.9. The number of nitrogens with zero attached hydrogens (tertiary/aromatic N) is 3. The summed E-state index contributed by atoms with van der Waals surface area (Å²) in [6.07, 6.45) is 4.10. The molecule has 0 bridgehead atoms. The minimum absolute atomic E-state index is 1.03. The van der Waals surface area contributed by atoms with Crippen molar-refractivity contribution in [3.05, 3.63) is 30.1 Å². The minimum Gasteiger partial charge on any atom is -0.315 e. The molecule has 0 radical (unpaired) electrons. The van der Waals surface area contributed by atoms with Crippen LogP contribution in [0.15, 0.2) is 24.4 Å². The highest BCUT2D eigenvalue weighted by atomic mass is 15.1. The van der Waals surface area contributed by atoms with Gasteiger partial charge in [0.05, 0.1) is 0 Å². The zero-order valence-electron chi connectivity index (χ0n) is 12.6. The van der Waals surface area contributed by atoms with Crippen molar-refractivity contribution >= 4 is 0 Å².